The quantitative estimate of drug-likeness (QED) is 0.215. The maximum Gasteiger partial charge on any atom is 0.338 e. The molecule has 3 aromatic carbocycles. The number of allylic oxidation sites excluding steroid dienone is 1. The molecule has 0 saturated heterocycles. The van der Waals surface area contributed by atoms with E-state index in [1.165, 1.54) is 43.3 Å². The summed E-state index contributed by atoms with van der Waals surface area (Å²) in [5, 5.41) is 9.27. The van der Waals surface area contributed by atoms with E-state index in [1.54, 1.807) is 68.5 Å². The predicted octanol–water partition coefficient (Wildman–Crippen LogP) is 4.86. The molecule has 0 bridgehead atoms. The number of rotatable bonds is 11. The molecule has 244 valence electrons. The number of hydrogen-bond acceptors (Lipinski definition) is 10. The van der Waals surface area contributed by atoms with Crippen molar-refractivity contribution in [3.8, 4) is 23.0 Å². The van der Waals surface area contributed by atoms with Gasteiger partial charge >= 0.3 is 11.9 Å². The van der Waals surface area contributed by atoms with E-state index in [0.717, 1.165) is 0 Å². The first kappa shape index (κ1) is 33.5. The highest BCUT2D eigenvalue weighted by Crippen LogP contribution is 2.41. The topological polar surface area (TPSA) is 135 Å². The van der Waals surface area contributed by atoms with Crippen molar-refractivity contribution in [2.75, 3.05) is 27.9 Å². The maximum atomic E-state index is 14.1. The fourth-order valence-corrected chi connectivity index (χ4v) is 6.75. The lowest BCUT2D eigenvalue weighted by atomic mass is 9.95. The molecule has 0 radical (unpaired) electrons. The lowest BCUT2D eigenvalue weighted by Crippen LogP contribution is -2.40. The fourth-order valence-electron chi connectivity index (χ4n) is 5.17. The van der Waals surface area contributed by atoms with Gasteiger partial charge in [0.2, 0.25) is 0 Å². The summed E-state index contributed by atoms with van der Waals surface area (Å²) in [6, 6.07) is 14.3. The minimum absolute atomic E-state index is 0.128. The van der Waals surface area contributed by atoms with Crippen LogP contribution in [-0.2, 0) is 16.1 Å². The molecule has 0 aliphatic carbocycles. The van der Waals surface area contributed by atoms with Crippen molar-refractivity contribution < 1.29 is 38.4 Å². The average Bonchev–Trinajstić information content (AvgIpc) is 3.36. The highest BCUT2D eigenvalue weighted by atomic mass is 79.9. The van der Waals surface area contributed by atoms with Crippen LogP contribution in [0.5, 0.6) is 23.0 Å². The Balaban J connectivity index is 1.57. The highest BCUT2D eigenvalue weighted by Gasteiger charge is 2.35. The van der Waals surface area contributed by atoms with E-state index in [4.69, 9.17) is 23.7 Å². The van der Waals surface area contributed by atoms with E-state index in [2.05, 4.69) is 20.9 Å². The van der Waals surface area contributed by atoms with Crippen LogP contribution in [-0.4, -0.2) is 49.5 Å². The Morgan fingerprint density at radius 1 is 1.00 bits per heavy atom. The Morgan fingerprint density at radius 2 is 1.70 bits per heavy atom. The molecule has 0 fully saturated rings. The second-order valence-electron chi connectivity index (χ2n) is 10.2. The maximum absolute atomic E-state index is 14.1. The van der Waals surface area contributed by atoms with E-state index < -0.39 is 18.0 Å². The smallest absolute Gasteiger partial charge is 0.338 e. The molecular weight excluding hydrogens is 692 g/mol. The zero-order valence-electron chi connectivity index (χ0n) is 26.2. The van der Waals surface area contributed by atoms with Crippen LogP contribution in [0.4, 0.5) is 0 Å². The molecule has 5 rings (SSSR count). The summed E-state index contributed by atoms with van der Waals surface area (Å²) in [4.78, 5) is 43.8. The van der Waals surface area contributed by atoms with Gasteiger partial charge in [0.25, 0.3) is 5.56 Å². The summed E-state index contributed by atoms with van der Waals surface area (Å²) >= 11 is 4.80. The molecule has 1 aliphatic rings. The molecule has 13 heteroatoms. The summed E-state index contributed by atoms with van der Waals surface area (Å²) in [7, 11) is 4.54. The van der Waals surface area contributed by atoms with Crippen LogP contribution in [0.1, 0.15) is 46.9 Å². The molecule has 2 heterocycles. The number of hydrogen-bond donors (Lipinski definition) is 1. The highest BCUT2D eigenvalue weighted by molar-refractivity contribution is 9.10. The van der Waals surface area contributed by atoms with Gasteiger partial charge in [0, 0.05) is 4.47 Å². The van der Waals surface area contributed by atoms with Crippen molar-refractivity contribution in [1.29, 1.82) is 0 Å². The van der Waals surface area contributed by atoms with E-state index in [-0.39, 0.29) is 29.9 Å². The van der Waals surface area contributed by atoms with Crippen LogP contribution in [0.25, 0.3) is 6.08 Å². The number of benzene rings is 3. The van der Waals surface area contributed by atoms with Gasteiger partial charge in [0.15, 0.2) is 27.8 Å². The number of methoxy groups -OCH3 is 3. The first-order valence-electron chi connectivity index (χ1n) is 14.3. The van der Waals surface area contributed by atoms with Crippen LogP contribution in [0.3, 0.4) is 0 Å². The van der Waals surface area contributed by atoms with Gasteiger partial charge in [-0.1, -0.05) is 45.5 Å². The number of carboxylic acids is 1. The zero-order valence-corrected chi connectivity index (χ0v) is 28.6. The van der Waals surface area contributed by atoms with Gasteiger partial charge in [-0.05, 0) is 73.0 Å². The molecule has 0 saturated carbocycles. The first-order chi connectivity index (χ1) is 22.6. The Hall–Kier alpha value is -4.88. The molecule has 0 amide bonds. The van der Waals surface area contributed by atoms with E-state index in [0.29, 0.717) is 59.2 Å². The summed E-state index contributed by atoms with van der Waals surface area (Å²) in [5.74, 6) is 0.172. The monoisotopic (exact) mass is 722 g/mol. The third kappa shape index (κ3) is 6.81. The minimum atomic E-state index is -1.02. The molecule has 4 aromatic rings. The summed E-state index contributed by atoms with van der Waals surface area (Å²) in [6.45, 7) is 3.71. The molecule has 1 N–H and O–H groups in total. The van der Waals surface area contributed by atoms with Crippen molar-refractivity contribution in [2.24, 2.45) is 4.99 Å². The molecular formula is C34H31BrN2O9S. The molecule has 1 aliphatic heterocycles. The Morgan fingerprint density at radius 3 is 2.38 bits per heavy atom. The van der Waals surface area contributed by atoms with Crippen LogP contribution < -0.4 is 33.8 Å². The number of thiazole rings is 1. The van der Waals surface area contributed by atoms with Gasteiger partial charge in [-0.3, -0.25) is 9.36 Å². The predicted molar refractivity (Wildman–Crippen MR) is 178 cm³/mol. The van der Waals surface area contributed by atoms with Crippen LogP contribution in [0, 0.1) is 0 Å². The third-order valence-electron chi connectivity index (χ3n) is 7.37. The standard InChI is InChI=1S/C34H31BrN2O9S/c1-6-45-33(41)29-18(2)36-34-37(30(29)22-15-26(43-4)27(44-5)16-23(22)35)31(38)28(47-34)14-19-10-11-24(25(13-19)42-3)46-17-20-8-7-9-21(12-20)32(39)40/h7-16,30H,6,17H2,1-5H3,(H,39,40)/b28-14-/t30-/m0/s1. The largest absolute Gasteiger partial charge is 0.493 e. The number of esters is 1. The molecule has 11 nitrogen and oxygen atoms in total. The lowest BCUT2D eigenvalue weighted by molar-refractivity contribution is -0.139. The first-order valence-corrected chi connectivity index (χ1v) is 15.9. The van der Waals surface area contributed by atoms with Crippen LogP contribution >= 0.6 is 27.3 Å². The second kappa shape index (κ2) is 14.3. The number of carbonyl (C=O) groups excluding carboxylic acids is 1. The van der Waals surface area contributed by atoms with E-state index >= 15 is 0 Å². The number of aromatic nitrogens is 1. The number of carbonyl (C=O) groups is 2. The van der Waals surface area contributed by atoms with E-state index in [9.17, 15) is 19.5 Å². The normalized spacial score (nSPS) is 14.3. The molecule has 1 aromatic heterocycles. The van der Waals surface area contributed by atoms with Crippen LogP contribution in [0.15, 0.2) is 80.1 Å². The number of fused-ring (bicyclic) bond motifs is 1. The zero-order chi connectivity index (χ0) is 33.8. The molecule has 0 unspecified atom stereocenters. The number of ether oxygens (including phenoxy) is 5. The van der Waals surface area contributed by atoms with E-state index in [1.807, 2.05) is 0 Å². The van der Waals surface area contributed by atoms with Gasteiger partial charge in [0.1, 0.15) is 6.61 Å². The van der Waals surface area contributed by atoms with Gasteiger partial charge in [0.05, 0.1) is 55.3 Å². The van der Waals surface area contributed by atoms with Crippen molar-refractivity contribution >= 4 is 45.3 Å². The number of aromatic carboxylic acids is 1. The van der Waals surface area contributed by atoms with Crippen molar-refractivity contribution in [3.05, 3.63) is 112 Å². The Labute approximate surface area is 282 Å². The van der Waals surface area contributed by atoms with Gasteiger partial charge in [-0.25, -0.2) is 14.6 Å². The third-order valence-corrected chi connectivity index (χ3v) is 9.04. The average molecular weight is 724 g/mol. The second-order valence-corrected chi connectivity index (χ2v) is 12.1. The van der Waals surface area contributed by atoms with Gasteiger partial charge in [-0.15, -0.1) is 0 Å². The Kier molecular flexibility index (Phi) is 10.2. The Bertz CT molecular complexity index is 2080. The van der Waals surface area contributed by atoms with Crippen molar-refractivity contribution in [1.82, 2.24) is 4.57 Å². The number of carboxylic acid groups (broad SMARTS) is 1. The van der Waals surface area contributed by atoms with Gasteiger partial charge in [-0.2, -0.15) is 0 Å². The SMILES string of the molecule is CCOC(=O)C1=C(C)N=c2s/c(=C\c3ccc(OCc4cccc(C(=O)O)c4)c(OC)c3)c(=O)n2[C@H]1c1cc(OC)c(OC)cc1Br. The number of halogens is 1. The van der Waals surface area contributed by atoms with Crippen LogP contribution in [0.2, 0.25) is 0 Å². The lowest BCUT2D eigenvalue weighted by Gasteiger charge is -2.26. The minimum Gasteiger partial charge on any atom is -0.493 e. The molecule has 1 atom stereocenters. The van der Waals surface area contributed by atoms with Crippen molar-refractivity contribution in [2.45, 2.75) is 26.5 Å². The fraction of sp³-hybridized carbons (Fsp3) is 0.235. The van der Waals surface area contributed by atoms with Crippen molar-refractivity contribution in [3.63, 3.8) is 0 Å². The summed E-state index contributed by atoms with van der Waals surface area (Å²) < 4.78 is 30.4. The summed E-state index contributed by atoms with van der Waals surface area (Å²) in [5.41, 5.74) is 2.41. The van der Waals surface area contributed by atoms with Gasteiger partial charge < -0.3 is 28.8 Å². The molecule has 47 heavy (non-hydrogen) atoms. The summed E-state index contributed by atoms with van der Waals surface area (Å²) in [6.07, 6.45) is 1.72. The number of nitrogens with zero attached hydrogens (tertiary/aromatic N) is 2. The molecule has 0 spiro atoms.